The van der Waals surface area contributed by atoms with Crippen LogP contribution < -0.4 is 0 Å². The van der Waals surface area contributed by atoms with Gasteiger partial charge in [0.1, 0.15) is 0 Å². The van der Waals surface area contributed by atoms with E-state index in [-0.39, 0.29) is 6.04 Å². The maximum Gasteiger partial charge on any atom is 0.416 e. The predicted octanol–water partition coefficient (Wildman–Crippen LogP) is 10.8. The smallest absolute Gasteiger partial charge is 0.279 e. The molecule has 6 aromatic carbocycles. The van der Waals surface area contributed by atoms with Gasteiger partial charge in [-0.3, -0.25) is 4.90 Å². The molecule has 0 aliphatic carbocycles. The molecule has 0 aromatic heterocycles. The summed E-state index contributed by atoms with van der Waals surface area (Å²) in [6.07, 6.45) is -3.17. The van der Waals surface area contributed by atoms with Crippen molar-refractivity contribution in [3.05, 3.63) is 191 Å². The Morgan fingerprint density at radius 3 is 1.62 bits per heavy atom. The third kappa shape index (κ3) is 6.16. The molecule has 0 aliphatic heterocycles. The predicted molar refractivity (Wildman–Crippen MR) is 178 cm³/mol. The van der Waals surface area contributed by atoms with E-state index < -0.39 is 17.3 Å². The van der Waals surface area contributed by atoms with Crippen molar-refractivity contribution >= 4 is 10.8 Å². The zero-order valence-electron chi connectivity index (χ0n) is 25.3. The second kappa shape index (κ2) is 13.1. The molecule has 1 nitrogen and oxygen atoms in total. The largest absolute Gasteiger partial charge is 0.416 e. The molecule has 0 radical (unpaired) electrons. The third-order valence-corrected chi connectivity index (χ3v) is 8.87. The zero-order chi connectivity index (χ0) is 31.3. The summed E-state index contributed by atoms with van der Waals surface area (Å²) >= 11 is 0. The van der Waals surface area contributed by atoms with Crippen molar-refractivity contribution in [2.24, 2.45) is 0 Å². The highest BCUT2D eigenvalue weighted by atomic mass is 19.4. The van der Waals surface area contributed by atoms with E-state index in [1.54, 1.807) is 6.07 Å². The van der Waals surface area contributed by atoms with E-state index in [1.807, 2.05) is 18.2 Å². The van der Waals surface area contributed by atoms with Crippen molar-refractivity contribution in [1.82, 2.24) is 4.90 Å². The molecule has 6 aromatic rings. The first-order chi connectivity index (χ1) is 21.9. The van der Waals surface area contributed by atoms with Crippen molar-refractivity contribution in [3.63, 3.8) is 0 Å². The third-order valence-electron chi connectivity index (χ3n) is 8.87. The van der Waals surface area contributed by atoms with Crippen LogP contribution in [0.1, 0.15) is 52.8 Å². The highest BCUT2D eigenvalue weighted by Gasteiger charge is 2.44. The van der Waals surface area contributed by atoms with Gasteiger partial charge in [-0.2, -0.15) is 13.2 Å². The number of fused-ring (bicyclic) bond motifs is 1. The van der Waals surface area contributed by atoms with Gasteiger partial charge >= 0.3 is 6.18 Å². The number of rotatable bonds is 10. The first-order valence-corrected chi connectivity index (χ1v) is 15.5. The molecule has 0 saturated heterocycles. The van der Waals surface area contributed by atoms with Gasteiger partial charge in [-0.15, -0.1) is 0 Å². The van der Waals surface area contributed by atoms with Crippen molar-refractivity contribution < 1.29 is 13.2 Å². The Bertz CT molecular complexity index is 1730. The van der Waals surface area contributed by atoms with Crippen LogP contribution in [0, 0.1) is 0 Å². The van der Waals surface area contributed by atoms with Gasteiger partial charge < -0.3 is 0 Å². The average molecular weight is 600 g/mol. The SMILES string of the molecule is C[C@H](c1cccc2ccccc12)N(CCCc1cccc(C(F)(F)F)c1)C(c1ccccc1)(c1ccccc1)c1ccccc1. The molecular formula is C41H36F3N. The van der Waals surface area contributed by atoms with E-state index >= 15 is 0 Å². The minimum atomic E-state index is -4.37. The molecule has 0 spiro atoms. The van der Waals surface area contributed by atoms with Crippen LogP contribution in [-0.2, 0) is 18.1 Å². The van der Waals surface area contributed by atoms with Gasteiger partial charge in [-0.1, -0.05) is 152 Å². The molecule has 0 N–H and O–H groups in total. The van der Waals surface area contributed by atoms with Crippen LogP contribution in [0.15, 0.2) is 158 Å². The second-order valence-electron chi connectivity index (χ2n) is 11.5. The summed E-state index contributed by atoms with van der Waals surface area (Å²) in [5.74, 6) is 0. The fourth-order valence-corrected chi connectivity index (χ4v) is 6.83. The molecule has 4 heteroatoms. The number of aryl methyl sites for hydroxylation is 1. The summed E-state index contributed by atoms with van der Waals surface area (Å²) in [6, 6.07) is 52.4. The molecule has 0 amide bonds. The van der Waals surface area contributed by atoms with Gasteiger partial charge in [0, 0.05) is 12.6 Å². The summed E-state index contributed by atoms with van der Waals surface area (Å²) in [7, 11) is 0. The van der Waals surface area contributed by atoms with Crippen LogP contribution in [0.3, 0.4) is 0 Å². The monoisotopic (exact) mass is 599 g/mol. The van der Waals surface area contributed by atoms with Crippen LogP contribution in [0.5, 0.6) is 0 Å². The van der Waals surface area contributed by atoms with E-state index in [1.165, 1.54) is 28.5 Å². The summed E-state index contributed by atoms with van der Waals surface area (Å²) in [5.41, 5.74) is 4.00. The van der Waals surface area contributed by atoms with E-state index in [0.29, 0.717) is 24.9 Å². The highest BCUT2D eigenvalue weighted by Crippen LogP contribution is 2.47. The molecule has 0 bridgehead atoms. The topological polar surface area (TPSA) is 3.24 Å². The lowest BCUT2D eigenvalue weighted by molar-refractivity contribution is -0.137. The van der Waals surface area contributed by atoms with Crippen LogP contribution in [0.4, 0.5) is 13.2 Å². The normalized spacial score (nSPS) is 12.8. The van der Waals surface area contributed by atoms with Gasteiger partial charge in [0.05, 0.1) is 11.1 Å². The number of benzene rings is 6. The summed E-state index contributed by atoms with van der Waals surface area (Å²) in [6.45, 7) is 2.90. The summed E-state index contributed by atoms with van der Waals surface area (Å²) in [5, 5.41) is 2.37. The molecule has 0 aliphatic rings. The van der Waals surface area contributed by atoms with Gasteiger partial charge in [0.2, 0.25) is 0 Å². The molecule has 0 fully saturated rings. The van der Waals surface area contributed by atoms with E-state index in [0.717, 1.165) is 22.8 Å². The molecule has 45 heavy (non-hydrogen) atoms. The molecule has 1 atom stereocenters. The lowest BCUT2D eigenvalue weighted by atomic mass is 9.74. The van der Waals surface area contributed by atoms with Crippen LogP contribution >= 0.6 is 0 Å². The van der Waals surface area contributed by atoms with Gasteiger partial charge in [0.15, 0.2) is 0 Å². The van der Waals surface area contributed by atoms with Gasteiger partial charge in [0.25, 0.3) is 0 Å². The van der Waals surface area contributed by atoms with Crippen molar-refractivity contribution in [2.75, 3.05) is 6.54 Å². The Morgan fingerprint density at radius 1 is 0.556 bits per heavy atom. The molecular weight excluding hydrogens is 563 g/mol. The highest BCUT2D eigenvalue weighted by molar-refractivity contribution is 5.86. The summed E-state index contributed by atoms with van der Waals surface area (Å²) in [4.78, 5) is 2.56. The van der Waals surface area contributed by atoms with Crippen molar-refractivity contribution in [3.8, 4) is 0 Å². The van der Waals surface area contributed by atoms with E-state index in [2.05, 4.69) is 127 Å². The number of hydrogen-bond acceptors (Lipinski definition) is 1. The standard InChI is InChI=1S/C41H36F3N/c1-31(38-28-14-19-33-18-11-12-27-39(33)38)45(29-15-17-32-16-13-26-37(30-32)41(42,43)44)40(34-20-5-2-6-21-34,35-22-7-3-8-23-35)36-24-9-4-10-25-36/h2-14,16,18-28,30-31H,15,17,29H2,1H3/t31-/m1/s1. The number of alkyl halides is 3. The Labute approximate surface area is 263 Å². The van der Waals surface area contributed by atoms with Crippen LogP contribution in [0.25, 0.3) is 10.8 Å². The fraction of sp³-hybridized carbons (Fsp3) is 0.171. The van der Waals surface area contributed by atoms with E-state index in [4.69, 9.17) is 0 Å². The molecule has 226 valence electrons. The second-order valence-corrected chi connectivity index (χ2v) is 11.5. The molecule has 0 unspecified atom stereocenters. The molecule has 0 saturated carbocycles. The number of nitrogens with zero attached hydrogens (tertiary/aromatic N) is 1. The molecule has 6 rings (SSSR count). The average Bonchev–Trinajstić information content (AvgIpc) is 3.08. The van der Waals surface area contributed by atoms with E-state index in [9.17, 15) is 13.2 Å². The van der Waals surface area contributed by atoms with Gasteiger partial charge in [-0.05, 0) is 64.4 Å². The minimum absolute atomic E-state index is 0.0572. The molecule has 0 heterocycles. The Morgan fingerprint density at radius 2 is 1.04 bits per heavy atom. The minimum Gasteiger partial charge on any atom is -0.279 e. The number of hydrogen-bond donors (Lipinski definition) is 0. The Balaban J connectivity index is 1.54. The Hall–Kier alpha value is -4.67. The fourth-order valence-electron chi connectivity index (χ4n) is 6.83. The Kier molecular flexibility index (Phi) is 8.86. The first-order valence-electron chi connectivity index (χ1n) is 15.5. The van der Waals surface area contributed by atoms with Crippen molar-refractivity contribution in [1.29, 1.82) is 0 Å². The van der Waals surface area contributed by atoms with Crippen LogP contribution in [0.2, 0.25) is 0 Å². The van der Waals surface area contributed by atoms with Crippen molar-refractivity contribution in [2.45, 2.75) is 37.5 Å². The first kappa shape index (κ1) is 30.4. The lowest BCUT2D eigenvalue weighted by Gasteiger charge is -2.49. The maximum absolute atomic E-state index is 13.6. The van der Waals surface area contributed by atoms with Gasteiger partial charge in [-0.25, -0.2) is 0 Å². The zero-order valence-corrected chi connectivity index (χ0v) is 25.3. The maximum atomic E-state index is 13.6. The lowest BCUT2D eigenvalue weighted by Crippen LogP contribution is -2.49. The number of halogens is 3. The summed E-state index contributed by atoms with van der Waals surface area (Å²) < 4.78 is 40.7. The van der Waals surface area contributed by atoms with Crippen LogP contribution in [-0.4, -0.2) is 11.4 Å². The quantitative estimate of drug-likeness (QED) is 0.142.